The second-order valence-electron chi connectivity index (χ2n) is 4.34. The molecule has 3 heteroatoms. The van der Waals surface area contributed by atoms with Crippen LogP contribution in [0.1, 0.15) is 31.0 Å². The van der Waals surface area contributed by atoms with Crippen molar-refractivity contribution in [2.45, 2.75) is 38.6 Å². The number of likely N-dealkylation sites (N-methyl/N-ethyl adjacent to an activating group) is 1. The van der Waals surface area contributed by atoms with E-state index in [9.17, 15) is 0 Å². The van der Waals surface area contributed by atoms with Gasteiger partial charge in [-0.15, -0.1) is 0 Å². The summed E-state index contributed by atoms with van der Waals surface area (Å²) in [5.41, 5.74) is 2.47. The first-order valence-electron chi connectivity index (χ1n) is 6.40. The van der Waals surface area contributed by atoms with E-state index >= 15 is 0 Å². The van der Waals surface area contributed by atoms with Crippen LogP contribution < -0.4 is 5.32 Å². The highest BCUT2D eigenvalue weighted by molar-refractivity contribution is 5.14. The van der Waals surface area contributed by atoms with Crippen molar-refractivity contribution in [3.63, 3.8) is 0 Å². The lowest BCUT2D eigenvalue weighted by atomic mass is 10.1. The van der Waals surface area contributed by atoms with Gasteiger partial charge < -0.3 is 10.1 Å². The normalized spacial score (nSPS) is 12.6. The molecule has 3 nitrogen and oxygen atoms in total. The Bertz CT molecular complexity index is 298. The van der Waals surface area contributed by atoms with Gasteiger partial charge in [0.15, 0.2) is 0 Å². The average molecular weight is 236 g/mol. The molecule has 0 fully saturated rings. The molecule has 0 saturated heterocycles. The van der Waals surface area contributed by atoms with Crippen LogP contribution in [0.2, 0.25) is 0 Å². The Morgan fingerprint density at radius 1 is 1.41 bits per heavy atom. The van der Waals surface area contributed by atoms with Gasteiger partial charge in [0.2, 0.25) is 0 Å². The number of hydrogen-bond acceptors (Lipinski definition) is 3. The number of hydrogen-bond donors (Lipinski definition) is 1. The van der Waals surface area contributed by atoms with Crippen molar-refractivity contribution in [3.05, 3.63) is 29.6 Å². The van der Waals surface area contributed by atoms with Gasteiger partial charge in [0.1, 0.15) is 0 Å². The first-order valence-corrected chi connectivity index (χ1v) is 6.40. The number of nitrogens with zero attached hydrogens (tertiary/aromatic N) is 1. The maximum atomic E-state index is 5.07. The molecule has 0 bridgehead atoms. The van der Waals surface area contributed by atoms with Crippen molar-refractivity contribution in [2.24, 2.45) is 0 Å². The second-order valence-corrected chi connectivity index (χ2v) is 4.34. The monoisotopic (exact) mass is 236 g/mol. The molecule has 0 saturated carbocycles. The lowest BCUT2D eigenvalue weighted by Crippen LogP contribution is -2.28. The Kier molecular flexibility index (Phi) is 6.82. The van der Waals surface area contributed by atoms with Crippen molar-refractivity contribution < 1.29 is 4.74 Å². The summed E-state index contributed by atoms with van der Waals surface area (Å²) < 4.78 is 5.07. The highest BCUT2D eigenvalue weighted by atomic mass is 16.5. The zero-order chi connectivity index (χ0) is 12.5. The fraction of sp³-hybridized carbons (Fsp3) is 0.643. The van der Waals surface area contributed by atoms with Crippen LogP contribution in [0.15, 0.2) is 18.3 Å². The third kappa shape index (κ3) is 5.29. The molecule has 1 N–H and O–H groups in total. The highest BCUT2D eigenvalue weighted by Crippen LogP contribution is 2.07. The Morgan fingerprint density at radius 2 is 2.24 bits per heavy atom. The van der Waals surface area contributed by atoms with Crippen molar-refractivity contribution in [1.82, 2.24) is 10.3 Å². The molecule has 0 aliphatic rings. The lowest BCUT2D eigenvalue weighted by Gasteiger charge is -2.15. The fourth-order valence-corrected chi connectivity index (χ4v) is 1.86. The van der Waals surface area contributed by atoms with Crippen LogP contribution in [-0.2, 0) is 17.6 Å². The van der Waals surface area contributed by atoms with Gasteiger partial charge in [0, 0.05) is 38.1 Å². The maximum absolute atomic E-state index is 5.07. The number of aryl methyl sites for hydroxylation is 1. The first-order chi connectivity index (χ1) is 8.30. The minimum atomic E-state index is 0.491. The molecule has 1 atom stereocenters. The van der Waals surface area contributed by atoms with E-state index < -0.39 is 0 Å². The smallest absolute Gasteiger partial charge is 0.0462 e. The van der Waals surface area contributed by atoms with Crippen molar-refractivity contribution >= 4 is 0 Å². The Hall–Kier alpha value is -0.930. The molecule has 0 aliphatic carbocycles. The molecule has 1 aromatic heterocycles. The van der Waals surface area contributed by atoms with Gasteiger partial charge in [-0.25, -0.2) is 0 Å². The highest BCUT2D eigenvalue weighted by Gasteiger charge is 2.07. The van der Waals surface area contributed by atoms with Crippen molar-refractivity contribution in [1.29, 1.82) is 0 Å². The predicted octanol–water partition coefficient (Wildman–Crippen LogP) is 2.20. The van der Waals surface area contributed by atoms with Crippen LogP contribution in [-0.4, -0.2) is 31.8 Å². The van der Waals surface area contributed by atoms with Gasteiger partial charge in [-0.05, 0) is 37.9 Å². The minimum absolute atomic E-state index is 0.491. The van der Waals surface area contributed by atoms with E-state index in [0.29, 0.717) is 6.04 Å². The summed E-state index contributed by atoms with van der Waals surface area (Å²) in [5.74, 6) is 0. The molecule has 0 spiro atoms. The lowest BCUT2D eigenvalue weighted by molar-refractivity contribution is 0.189. The number of ether oxygens (including phenoxy) is 1. The SMILES string of the molecule is CCc1ccc(CC(CCCOC)NC)nc1. The van der Waals surface area contributed by atoms with Gasteiger partial charge in [0.25, 0.3) is 0 Å². The molecule has 1 heterocycles. The molecule has 17 heavy (non-hydrogen) atoms. The van der Waals surface area contributed by atoms with Crippen molar-refractivity contribution in [2.75, 3.05) is 20.8 Å². The average Bonchev–Trinajstić information content (AvgIpc) is 2.38. The summed E-state index contributed by atoms with van der Waals surface area (Å²) in [6, 6.07) is 4.80. The summed E-state index contributed by atoms with van der Waals surface area (Å²) in [7, 11) is 3.76. The second kappa shape index (κ2) is 8.20. The Morgan fingerprint density at radius 3 is 2.76 bits per heavy atom. The van der Waals surface area contributed by atoms with E-state index in [1.54, 1.807) is 7.11 Å². The van der Waals surface area contributed by atoms with Gasteiger partial charge in [-0.1, -0.05) is 13.0 Å². The number of rotatable bonds is 8. The van der Waals surface area contributed by atoms with E-state index in [1.807, 2.05) is 13.2 Å². The van der Waals surface area contributed by atoms with Crippen LogP contribution in [0.25, 0.3) is 0 Å². The van der Waals surface area contributed by atoms with Gasteiger partial charge in [0.05, 0.1) is 0 Å². The van der Waals surface area contributed by atoms with E-state index in [2.05, 4.69) is 29.4 Å². The van der Waals surface area contributed by atoms with Gasteiger partial charge in [-0.2, -0.15) is 0 Å². The number of pyridine rings is 1. The maximum Gasteiger partial charge on any atom is 0.0462 e. The summed E-state index contributed by atoms with van der Waals surface area (Å²) in [4.78, 5) is 4.49. The molecular weight excluding hydrogens is 212 g/mol. The Labute approximate surface area is 105 Å². The zero-order valence-corrected chi connectivity index (χ0v) is 11.2. The van der Waals surface area contributed by atoms with E-state index in [0.717, 1.165) is 32.3 Å². The third-order valence-corrected chi connectivity index (χ3v) is 3.06. The first kappa shape index (κ1) is 14.1. The Balaban J connectivity index is 2.43. The van der Waals surface area contributed by atoms with E-state index in [4.69, 9.17) is 4.74 Å². The number of aromatic nitrogens is 1. The van der Waals surface area contributed by atoms with Crippen LogP contribution >= 0.6 is 0 Å². The fourth-order valence-electron chi connectivity index (χ4n) is 1.86. The zero-order valence-electron chi connectivity index (χ0n) is 11.2. The van der Waals surface area contributed by atoms with Crippen LogP contribution in [0, 0.1) is 0 Å². The van der Waals surface area contributed by atoms with Crippen LogP contribution in [0.5, 0.6) is 0 Å². The molecule has 1 rings (SSSR count). The summed E-state index contributed by atoms with van der Waals surface area (Å²) >= 11 is 0. The standard InChI is InChI=1S/C14H24N2O/c1-4-12-7-8-14(16-11-12)10-13(15-2)6-5-9-17-3/h7-8,11,13,15H,4-6,9-10H2,1-3H3. The molecule has 0 aromatic carbocycles. The van der Waals surface area contributed by atoms with Crippen LogP contribution in [0.3, 0.4) is 0 Å². The summed E-state index contributed by atoms with van der Waals surface area (Å²) in [6.45, 7) is 2.98. The van der Waals surface area contributed by atoms with Gasteiger partial charge >= 0.3 is 0 Å². The van der Waals surface area contributed by atoms with Crippen molar-refractivity contribution in [3.8, 4) is 0 Å². The molecule has 1 aromatic rings. The van der Waals surface area contributed by atoms with E-state index in [-0.39, 0.29) is 0 Å². The molecular formula is C14H24N2O. The largest absolute Gasteiger partial charge is 0.385 e. The topological polar surface area (TPSA) is 34.1 Å². The summed E-state index contributed by atoms with van der Waals surface area (Å²) in [6.07, 6.45) is 6.24. The third-order valence-electron chi connectivity index (χ3n) is 3.06. The number of methoxy groups -OCH3 is 1. The minimum Gasteiger partial charge on any atom is -0.385 e. The quantitative estimate of drug-likeness (QED) is 0.703. The molecule has 96 valence electrons. The molecule has 0 radical (unpaired) electrons. The van der Waals surface area contributed by atoms with Crippen LogP contribution in [0.4, 0.5) is 0 Å². The molecule has 0 aliphatic heterocycles. The number of nitrogens with one attached hydrogen (secondary N) is 1. The molecule has 1 unspecified atom stereocenters. The van der Waals surface area contributed by atoms with E-state index in [1.165, 1.54) is 11.3 Å². The summed E-state index contributed by atoms with van der Waals surface area (Å²) in [5, 5.41) is 3.34. The van der Waals surface area contributed by atoms with Gasteiger partial charge in [-0.3, -0.25) is 4.98 Å². The molecule has 0 amide bonds. The predicted molar refractivity (Wildman–Crippen MR) is 71.3 cm³/mol.